The highest BCUT2D eigenvalue weighted by atomic mass is 32.1. The van der Waals surface area contributed by atoms with E-state index in [0.29, 0.717) is 16.1 Å². The Morgan fingerprint density at radius 1 is 0.966 bits per heavy atom. The molecule has 1 unspecified atom stereocenters. The number of amides is 2. The van der Waals surface area contributed by atoms with E-state index in [9.17, 15) is 14.0 Å². The SMILES string of the molecule is O=C(Nc1ccc(NC(C(=O)NC2CC2)c2ccc(F)cc2)cc1)c1cccs1. The van der Waals surface area contributed by atoms with E-state index in [2.05, 4.69) is 16.0 Å². The molecule has 3 aromatic rings. The number of rotatable bonds is 7. The van der Waals surface area contributed by atoms with Crippen molar-refractivity contribution < 1.29 is 14.0 Å². The van der Waals surface area contributed by atoms with Gasteiger partial charge >= 0.3 is 0 Å². The average molecular weight is 409 g/mol. The Hall–Kier alpha value is -3.19. The molecule has 0 spiro atoms. The first-order chi connectivity index (χ1) is 14.1. The quantitative estimate of drug-likeness (QED) is 0.535. The average Bonchev–Trinajstić information content (AvgIpc) is 3.36. The molecule has 3 N–H and O–H groups in total. The van der Waals surface area contributed by atoms with Crippen LogP contribution in [0.4, 0.5) is 15.8 Å². The van der Waals surface area contributed by atoms with Crippen molar-refractivity contribution in [1.29, 1.82) is 0 Å². The fourth-order valence-electron chi connectivity index (χ4n) is 2.88. The molecule has 29 heavy (non-hydrogen) atoms. The van der Waals surface area contributed by atoms with Gasteiger partial charge in [0.05, 0.1) is 4.88 Å². The molecule has 0 radical (unpaired) electrons. The zero-order valence-corrected chi connectivity index (χ0v) is 16.3. The summed E-state index contributed by atoms with van der Waals surface area (Å²) in [6, 6.07) is 16.2. The Kier molecular flexibility index (Phi) is 5.57. The number of benzene rings is 2. The van der Waals surface area contributed by atoms with Gasteiger partial charge in [0.15, 0.2) is 0 Å². The van der Waals surface area contributed by atoms with Crippen molar-refractivity contribution in [3.05, 3.63) is 82.3 Å². The van der Waals surface area contributed by atoms with Gasteiger partial charge < -0.3 is 16.0 Å². The maximum Gasteiger partial charge on any atom is 0.265 e. The van der Waals surface area contributed by atoms with Crippen LogP contribution in [0.2, 0.25) is 0 Å². The Morgan fingerprint density at radius 2 is 1.66 bits per heavy atom. The van der Waals surface area contributed by atoms with Gasteiger partial charge in [-0.25, -0.2) is 4.39 Å². The predicted molar refractivity (Wildman–Crippen MR) is 113 cm³/mol. The Bertz CT molecular complexity index is 984. The van der Waals surface area contributed by atoms with Crippen molar-refractivity contribution in [1.82, 2.24) is 5.32 Å². The molecule has 0 aliphatic heterocycles. The zero-order chi connectivity index (χ0) is 20.2. The largest absolute Gasteiger partial charge is 0.370 e. The molecule has 2 amide bonds. The van der Waals surface area contributed by atoms with Crippen molar-refractivity contribution in [2.45, 2.75) is 24.9 Å². The summed E-state index contributed by atoms with van der Waals surface area (Å²) in [4.78, 5) is 25.5. The van der Waals surface area contributed by atoms with Gasteiger partial charge in [0.2, 0.25) is 5.91 Å². The first kappa shape index (κ1) is 19.1. The van der Waals surface area contributed by atoms with Crippen molar-refractivity contribution in [3.63, 3.8) is 0 Å². The molecule has 1 fully saturated rings. The summed E-state index contributed by atoms with van der Waals surface area (Å²) < 4.78 is 13.3. The summed E-state index contributed by atoms with van der Waals surface area (Å²) in [5.74, 6) is -0.649. The summed E-state index contributed by atoms with van der Waals surface area (Å²) in [5.41, 5.74) is 2.06. The molecule has 4 rings (SSSR count). The second kappa shape index (κ2) is 8.45. The molecule has 1 saturated carbocycles. The van der Waals surface area contributed by atoms with Gasteiger partial charge in [-0.3, -0.25) is 9.59 Å². The smallest absolute Gasteiger partial charge is 0.265 e. The third kappa shape index (κ3) is 5.00. The number of carbonyl (C=O) groups is 2. The van der Waals surface area contributed by atoms with Gasteiger partial charge in [0.1, 0.15) is 11.9 Å². The molecular weight excluding hydrogens is 389 g/mol. The lowest BCUT2D eigenvalue weighted by atomic mass is 10.1. The van der Waals surface area contributed by atoms with Crippen LogP contribution in [0.1, 0.15) is 34.1 Å². The molecule has 1 aromatic heterocycles. The maximum atomic E-state index is 13.3. The van der Waals surface area contributed by atoms with Crippen LogP contribution in [-0.2, 0) is 4.79 Å². The van der Waals surface area contributed by atoms with E-state index in [-0.39, 0.29) is 23.7 Å². The standard InChI is InChI=1S/C22H20FN3O2S/c23-15-5-3-14(4-6-15)20(22(28)26-18-11-12-18)24-16-7-9-17(10-8-16)25-21(27)19-2-1-13-29-19/h1-10,13,18,20,24H,11-12H2,(H,25,27)(H,26,28). The minimum Gasteiger partial charge on any atom is -0.370 e. The topological polar surface area (TPSA) is 70.2 Å². The van der Waals surface area contributed by atoms with Crippen LogP contribution in [0.25, 0.3) is 0 Å². The molecule has 0 saturated heterocycles. The normalized spacial score (nSPS) is 14.1. The van der Waals surface area contributed by atoms with Crippen molar-refractivity contribution >= 4 is 34.5 Å². The number of halogens is 1. The lowest BCUT2D eigenvalue weighted by Crippen LogP contribution is -2.34. The lowest BCUT2D eigenvalue weighted by Gasteiger charge is -2.20. The van der Waals surface area contributed by atoms with Gasteiger partial charge in [-0.1, -0.05) is 18.2 Å². The number of carbonyl (C=O) groups excluding carboxylic acids is 2. The van der Waals surface area contributed by atoms with Crippen LogP contribution >= 0.6 is 11.3 Å². The number of nitrogens with one attached hydrogen (secondary N) is 3. The van der Waals surface area contributed by atoms with Crippen LogP contribution in [0.15, 0.2) is 66.0 Å². The van der Waals surface area contributed by atoms with Crippen LogP contribution < -0.4 is 16.0 Å². The molecule has 5 nitrogen and oxygen atoms in total. The third-order valence-corrected chi connectivity index (χ3v) is 5.46. The van der Waals surface area contributed by atoms with E-state index in [4.69, 9.17) is 0 Å². The molecule has 2 aromatic carbocycles. The molecule has 1 atom stereocenters. The molecule has 148 valence electrons. The number of anilines is 2. The second-order valence-electron chi connectivity index (χ2n) is 6.92. The molecule has 1 aliphatic rings. The highest BCUT2D eigenvalue weighted by molar-refractivity contribution is 7.12. The summed E-state index contributed by atoms with van der Waals surface area (Å²) in [7, 11) is 0. The van der Waals surface area contributed by atoms with Crippen molar-refractivity contribution in [3.8, 4) is 0 Å². The van der Waals surface area contributed by atoms with E-state index >= 15 is 0 Å². The first-order valence-electron chi connectivity index (χ1n) is 9.36. The molecule has 7 heteroatoms. The van der Waals surface area contributed by atoms with Crippen LogP contribution in [0.5, 0.6) is 0 Å². The second-order valence-corrected chi connectivity index (χ2v) is 7.87. The van der Waals surface area contributed by atoms with Crippen LogP contribution in [-0.4, -0.2) is 17.9 Å². The monoisotopic (exact) mass is 409 g/mol. The highest BCUT2D eigenvalue weighted by Crippen LogP contribution is 2.25. The summed E-state index contributed by atoms with van der Waals surface area (Å²) in [5, 5.41) is 10.9. The van der Waals surface area contributed by atoms with E-state index < -0.39 is 6.04 Å². The molecule has 0 bridgehead atoms. The Labute approximate surface area is 172 Å². The summed E-state index contributed by atoms with van der Waals surface area (Å²) >= 11 is 1.38. The van der Waals surface area contributed by atoms with E-state index in [1.165, 1.54) is 23.5 Å². The number of hydrogen-bond donors (Lipinski definition) is 3. The van der Waals surface area contributed by atoms with E-state index in [0.717, 1.165) is 18.5 Å². The zero-order valence-electron chi connectivity index (χ0n) is 15.5. The Balaban J connectivity index is 1.47. The van der Waals surface area contributed by atoms with Crippen LogP contribution in [0.3, 0.4) is 0 Å². The summed E-state index contributed by atoms with van der Waals surface area (Å²) in [6.07, 6.45) is 1.97. The Morgan fingerprint density at radius 3 is 2.28 bits per heavy atom. The van der Waals surface area contributed by atoms with E-state index in [1.54, 1.807) is 42.5 Å². The maximum absolute atomic E-state index is 13.3. The molecule has 1 heterocycles. The molecular formula is C22H20FN3O2S. The summed E-state index contributed by atoms with van der Waals surface area (Å²) in [6.45, 7) is 0. The fourth-order valence-corrected chi connectivity index (χ4v) is 3.50. The van der Waals surface area contributed by atoms with Crippen molar-refractivity contribution in [2.75, 3.05) is 10.6 Å². The number of hydrogen-bond acceptors (Lipinski definition) is 4. The molecule has 1 aliphatic carbocycles. The lowest BCUT2D eigenvalue weighted by molar-refractivity contribution is -0.122. The van der Waals surface area contributed by atoms with Gasteiger partial charge in [0, 0.05) is 17.4 Å². The minimum absolute atomic E-state index is 0.144. The first-order valence-corrected chi connectivity index (χ1v) is 10.2. The van der Waals surface area contributed by atoms with Gasteiger partial charge in [0.25, 0.3) is 5.91 Å². The van der Waals surface area contributed by atoms with Crippen LogP contribution in [0, 0.1) is 5.82 Å². The fraction of sp³-hybridized carbons (Fsp3) is 0.182. The minimum atomic E-state index is -0.636. The predicted octanol–water partition coefficient (Wildman–Crippen LogP) is 4.57. The van der Waals surface area contributed by atoms with Gasteiger partial charge in [-0.05, 0) is 66.2 Å². The highest BCUT2D eigenvalue weighted by Gasteiger charge is 2.28. The third-order valence-electron chi connectivity index (χ3n) is 4.59. The van der Waals surface area contributed by atoms with Gasteiger partial charge in [-0.15, -0.1) is 11.3 Å². The number of thiophene rings is 1. The van der Waals surface area contributed by atoms with Crippen molar-refractivity contribution in [2.24, 2.45) is 0 Å². The van der Waals surface area contributed by atoms with Gasteiger partial charge in [-0.2, -0.15) is 0 Å². The van der Waals surface area contributed by atoms with E-state index in [1.807, 2.05) is 11.4 Å².